The predicted octanol–water partition coefficient (Wildman–Crippen LogP) is 3.34. The van der Waals surface area contributed by atoms with Crippen molar-refractivity contribution in [2.75, 3.05) is 54.4 Å². The number of imide groups is 2. The second-order valence-electron chi connectivity index (χ2n) is 14.4. The van der Waals surface area contributed by atoms with Crippen LogP contribution in [0.3, 0.4) is 0 Å². The lowest BCUT2D eigenvalue weighted by atomic mass is 10.0. The molecule has 17 heteroatoms. The normalized spacial score (nSPS) is 20.2. The molecule has 3 aromatic rings. The van der Waals surface area contributed by atoms with Crippen LogP contribution in [0.2, 0.25) is 0 Å². The van der Waals surface area contributed by atoms with Gasteiger partial charge in [-0.25, -0.2) is 0 Å². The van der Waals surface area contributed by atoms with Crippen LogP contribution < -0.4 is 20.4 Å². The molecule has 2 N–H and O–H groups in total. The zero-order valence-corrected chi connectivity index (χ0v) is 29.7. The van der Waals surface area contributed by atoms with Crippen molar-refractivity contribution < 1.29 is 37.1 Å². The number of piperidine rings is 2. The van der Waals surface area contributed by atoms with Gasteiger partial charge in [0.2, 0.25) is 11.8 Å². The summed E-state index contributed by atoms with van der Waals surface area (Å²) in [6, 6.07) is 9.12. The molecule has 5 heterocycles. The Morgan fingerprint density at radius 2 is 1.57 bits per heavy atom. The van der Waals surface area contributed by atoms with Crippen LogP contribution in [0.25, 0.3) is 0 Å². The number of fused-ring (bicyclic) bond motifs is 1. The van der Waals surface area contributed by atoms with E-state index in [2.05, 4.69) is 30.4 Å². The number of hydrogen-bond donors (Lipinski definition) is 2. The Kier molecular flexibility index (Phi) is 9.42. The second kappa shape index (κ2) is 13.9. The fourth-order valence-electron chi connectivity index (χ4n) is 7.61. The highest BCUT2D eigenvalue weighted by atomic mass is 19.4. The number of amides is 5. The summed E-state index contributed by atoms with van der Waals surface area (Å²) in [6.45, 7) is 7.83. The van der Waals surface area contributed by atoms with Gasteiger partial charge in [0.15, 0.2) is 0 Å². The first-order chi connectivity index (χ1) is 25.6. The number of hydrogen-bond acceptors (Lipinski definition) is 10. The average molecular weight is 746 g/mol. The summed E-state index contributed by atoms with van der Waals surface area (Å²) in [5, 5.41) is 18.2. The molecule has 0 spiro atoms. The van der Waals surface area contributed by atoms with E-state index < -0.39 is 58.4 Å². The first-order valence-corrected chi connectivity index (χ1v) is 17.7. The number of aromatic nitrogens is 2. The van der Waals surface area contributed by atoms with E-state index in [1.54, 1.807) is 38.4 Å². The van der Waals surface area contributed by atoms with Crippen LogP contribution in [0.5, 0.6) is 0 Å². The molecule has 3 fully saturated rings. The van der Waals surface area contributed by atoms with Crippen LogP contribution in [0.1, 0.15) is 71.4 Å². The van der Waals surface area contributed by atoms with Gasteiger partial charge in [0.05, 0.1) is 40.2 Å². The number of benzene rings is 2. The summed E-state index contributed by atoms with van der Waals surface area (Å²) in [4.78, 5) is 71.5. The Bertz CT molecular complexity index is 2070. The lowest BCUT2D eigenvalue weighted by Crippen LogP contribution is -2.54. The summed E-state index contributed by atoms with van der Waals surface area (Å²) in [5.41, 5.74) is -0.797. The van der Waals surface area contributed by atoms with Crippen molar-refractivity contribution in [2.24, 2.45) is 0 Å². The molecule has 1 aromatic heterocycles. The SMILES string of the molecule is CC(C)(C(=O)Nc1ccc(C#N)c(C(F)(F)F)c1)n1cc(N2CCN(C3CCN(c4ccc5c(c4)C(=O)N(C4CCC(=O)NC4=O)C5=O)CC3)CC2)cn1. The third-order valence-electron chi connectivity index (χ3n) is 10.8. The second-order valence-corrected chi connectivity index (χ2v) is 14.4. The number of carbonyl (C=O) groups is 5. The Morgan fingerprint density at radius 3 is 2.24 bits per heavy atom. The van der Waals surface area contributed by atoms with Gasteiger partial charge in [-0.05, 0) is 69.5 Å². The number of nitrogens with one attached hydrogen (secondary N) is 2. The van der Waals surface area contributed by atoms with E-state index in [0.29, 0.717) is 6.04 Å². The van der Waals surface area contributed by atoms with Gasteiger partial charge in [-0.2, -0.15) is 23.5 Å². The summed E-state index contributed by atoms with van der Waals surface area (Å²) in [7, 11) is 0. The molecule has 7 rings (SSSR count). The van der Waals surface area contributed by atoms with Crippen LogP contribution in [0.4, 0.5) is 30.2 Å². The van der Waals surface area contributed by atoms with E-state index in [0.717, 1.165) is 80.5 Å². The van der Waals surface area contributed by atoms with Gasteiger partial charge < -0.3 is 15.1 Å². The molecule has 5 amide bonds. The largest absolute Gasteiger partial charge is 0.417 e. The fraction of sp³-hybridized carbons (Fsp3) is 0.432. The fourth-order valence-corrected chi connectivity index (χ4v) is 7.61. The van der Waals surface area contributed by atoms with Crippen LogP contribution in [0, 0.1) is 11.3 Å². The van der Waals surface area contributed by atoms with Crippen molar-refractivity contribution in [3.63, 3.8) is 0 Å². The highest BCUT2D eigenvalue weighted by Gasteiger charge is 2.45. The number of anilines is 3. The molecule has 4 aliphatic rings. The van der Waals surface area contributed by atoms with Gasteiger partial charge >= 0.3 is 6.18 Å². The molecule has 0 radical (unpaired) electrons. The molecule has 1 unspecified atom stereocenters. The maximum Gasteiger partial charge on any atom is 0.417 e. The van der Waals surface area contributed by atoms with Crippen molar-refractivity contribution in [2.45, 2.75) is 63.3 Å². The Balaban J connectivity index is 0.918. The molecule has 0 aliphatic carbocycles. The van der Waals surface area contributed by atoms with Crippen LogP contribution >= 0.6 is 0 Å². The van der Waals surface area contributed by atoms with Crippen molar-refractivity contribution in [3.8, 4) is 6.07 Å². The maximum absolute atomic E-state index is 13.4. The van der Waals surface area contributed by atoms with Crippen LogP contribution in [-0.2, 0) is 26.1 Å². The Morgan fingerprint density at radius 1 is 0.889 bits per heavy atom. The van der Waals surface area contributed by atoms with Crippen molar-refractivity contribution in [1.29, 1.82) is 5.26 Å². The molecule has 54 heavy (non-hydrogen) atoms. The highest BCUT2D eigenvalue weighted by Crippen LogP contribution is 2.35. The van der Waals surface area contributed by atoms with Crippen LogP contribution in [-0.4, -0.2) is 100 Å². The number of halogens is 3. The number of rotatable bonds is 7. The predicted molar refractivity (Wildman–Crippen MR) is 188 cm³/mol. The van der Waals surface area contributed by atoms with Crippen molar-refractivity contribution >= 4 is 46.6 Å². The number of nitrogens with zero attached hydrogens (tertiary/aromatic N) is 7. The molecule has 4 aliphatic heterocycles. The standard InChI is InChI=1S/C37H38F3N9O5/c1-36(2,35(54)43-23-4-3-22(19-41)29(17-23)37(38,39)40)48-21-26(20-42-48)47-15-13-46(14-16-47)24-9-11-45(12-10-24)25-5-6-27-28(18-25)34(53)49(33(27)52)30-7-8-31(50)44-32(30)51/h3-6,17-18,20-21,24,30H,7-16H2,1-2H3,(H,43,54)(H,44,50,51). The lowest BCUT2D eigenvalue weighted by molar-refractivity contribution is -0.138. The van der Waals surface area contributed by atoms with E-state index in [9.17, 15) is 37.1 Å². The first-order valence-electron chi connectivity index (χ1n) is 17.7. The number of carbonyl (C=O) groups excluding carboxylic acids is 5. The average Bonchev–Trinajstić information content (AvgIpc) is 3.75. The monoisotopic (exact) mass is 745 g/mol. The number of alkyl halides is 3. The molecule has 282 valence electrons. The van der Waals surface area contributed by atoms with Gasteiger partial charge in [0.1, 0.15) is 11.6 Å². The van der Waals surface area contributed by atoms with Gasteiger partial charge in [-0.15, -0.1) is 0 Å². The van der Waals surface area contributed by atoms with E-state index in [4.69, 9.17) is 5.26 Å². The zero-order chi connectivity index (χ0) is 38.5. The molecule has 14 nitrogen and oxygen atoms in total. The van der Waals surface area contributed by atoms with Gasteiger partial charge in [0.25, 0.3) is 17.7 Å². The van der Waals surface area contributed by atoms with Crippen molar-refractivity contribution in [3.05, 3.63) is 71.0 Å². The molecular formula is C37H38F3N9O5. The Labute approximate surface area is 308 Å². The van der Waals surface area contributed by atoms with E-state index in [1.165, 1.54) is 16.8 Å². The molecular weight excluding hydrogens is 707 g/mol. The summed E-state index contributed by atoms with van der Waals surface area (Å²) in [5.74, 6) is -2.68. The number of piperazine rings is 1. The summed E-state index contributed by atoms with van der Waals surface area (Å²) < 4.78 is 41.8. The van der Waals surface area contributed by atoms with Gasteiger partial charge in [-0.1, -0.05) is 0 Å². The first kappa shape index (κ1) is 36.6. The topological polar surface area (TPSA) is 164 Å². The summed E-state index contributed by atoms with van der Waals surface area (Å²) >= 11 is 0. The molecule has 0 bridgehead atoms. The van der Waals surface area contributed by atoms with Gasteiger partial charge in [-0.3, -0.25) is 43.8 Å². The lowest BCUT2D eigenvalue weighted by Gasteiger charge is -2.43. The summed E-state index contributed by atoms with van der Waals surface area (Å²) in [6.07, 6.45) is 0.647. The minimum atomic E-state index is -4.75. The third kappa shape index (κ3) is 6.77. The highest BCUT2D eigenvalue weighted by molar-refractivity contribution is 6.23. The van der Waals surface area contributed by atoms with E-state index in [-0.39, 0.29) is 29.7 Å². The molecule has 3 saturated heterocycles. The molecule has 1 atom stereocenters. The number of nitriles is 1. The minimum Gasteiger partial charge on any atom is -0.371 e. The van der Waals surface area contributed by atoms with Crippen LogP contribution in [0.15, 0.2) is 48.8 Å². The Hall–Kier alpha value is -5.76. The minimum absolute atomic E-state index is 0.0626. The van der Waals surface area contributed by atoms with E-state index in [1.807, 2.05) is 6.07 Å². The van der Waals surface area contributed by atoms with Crippen molar-refractivity contribution in [1.82, 2.24) is 24.9 Å². The van der Waals surface area contributed by atoms with E-state index >= 15 is 0 Å². The quantitative estimate of drug-likeness (QED) is 0.343. The maximum atomic E-state index is 13.4. The molecule has 0 saturated carbocycles. The zero-order valence-electron chi connectivity index (χ0n) is 29.7. The molecule has 2 aromatic carbocycles. The smallest absolute Gasteiger partial charge is 0.371 e. The van der Waals surface area contributed by atoms with Gasteiger partial charge in [0, 0.05) is 69.3 Å². The third-order valence-corrected chi connectivity index (χ3v) is 10.8.